The third kappa shape index (κ3) is 2.90. The van der Waals surface area contributed by atoms with E-state index in [1.54, 1.807) is 6.33 Å². The van der Waals surface area contributed by atoms with Crippen LogP contribution in [-0.2, 0) is 13.1 Å². The zero-order valence-electron chi connectivity index (χ0n) is 15.1. The van der Waals surface area contributed by atoms with Crippen LogP contribution in [0.3, 0.4) is 0 Å². The number of fused-ring (bicyclic) bond motifs is 1. The van der Waals surface area contributed by atoms with E-state index in [2.05, 4.69) is 48.2 Å². The summed E-state index contributed by atoms with van der Waals surface area (Å²) in [4.78, 5) is 19.3. The predicted molar refractivity (Wildman–Crippen MR) is 99.7 cm³/mol. The van der Waals surface area contributed by atoms with E-state index in [-0.39, 0.29) is 11.9 Å². The number of hydrogen-bond donors (Lipinski definition) is 0. The number of aryl methyl sites for hydroxylation is 1. The van der Waals surface area contributed by atoms with Gasteiger partial charge in [-0.15, -0.1) is 0 Å². The van der Waals surface area contributed by atoms with Gasteiger partial charge < -0.3 is 4.90 Å². The van der Waals surface area contributed by atoms with Crippen LogP contribution in [0.2, 0.25) is 0 Å². The van der Waals surface area contributed by atoms with Gasteiger partial charge in [0.25, 0.3) is 5.91 Å². The van der Waals surface area contributed by atoms with Crippen LogP contribution in [0, 0.1) is 6.92 Å². The molecule has 1 aliphatic heterocycles. The second-order valence-electron chi connectivity index (χ2n) is 6.78. The van der Waals surface area contributed by atoms with Crippen molar-refractivity contribution in [1.29, 1.82) is 0 Å². The molecule has 0 N–H and O–H groups in total. The van der Waals surface area contributed by atoms with Crippen LogP contribution < -0.4 is 0 Å². The smallest absolute Gasteiger partial charge is 0.255 e. The fourth-order valence-electron chi connectivity index (χ4n) is 3.71. The lowest BCUT2D eigenvalue weighted by atomic mass is 10.1. The minimum absolute atomic E-state index is 0.0811. The summed E-state index contributed by atoms with van der Waals surface area (Å²) in [5.41, 5.74) is 4.29. The van der Waals surface area contributed by atoms with Gasteiger partial charge in [0.1, 0.15) is 12.2 Å². The molecule has 5 heteroatoms. The van der Waals surface area contributed by atoms with Gasteiger partial charge in [0.05, 0.1) is 12.6 Å². The minimum atomic E-state index is -0.0813. The van der Waals surface area contributed by atoms with Crippen molar-refractivity contribution in [3.63, 3.8) is 0 Å². The Morgan fingerprint density at radius 1 is 1.15 bits per heavy atom. The summed E-state index contributed by atoms with van der Waals surface area (Å²) in [6.07, 6.45) is 2.38. The molecule has 5 nitrogen and oxygen atoms in total. The topological polar surface area (TPSA) is 51.0 Å². The molecule has 3 aromatic rings. The maximum atomic E-state index is 12.9. The van der Waals surface area contributed by atoms with Crippen molar-refractivity contribution in [1.82, 2.24) is 19.7 Å². The zero-order valence-corrected chi connectivity index (χ0v) is 15.1. The molecule has 2 aromatic carbocycles. The maximum absolute atomic E-state index is 12.9. The number of aromatic nitrogens is 3. The highest BCUT2D eigenvalue weighted by molar-refractivity contribution is 5.98. The van der Waals surface area contributed by atoms with E-state index in [9.17, 15) is 4.79 Å². The second-order valence-corrected chi connectivity index (χ2v) is 6.78. The van der Waals surface area contributed by atoms with E-state index >= 15 is 0 Å². The monoisotopic (exact) mass is 346 g/mol. The van der Waals surface area contributed by atoms with Gasteiger partial charge in [-0.05, 0) is 30.5 Å². The van der Waals surface area contributed by atoms with Gasteiger partial charge in [0.2, 0.25) is 0 Å². The van der Waals surface area contributed by atoms with Gasteiger partial charge in [-0.3, -0.25) is 4.79 Å². The molecule has 0 fully saturated rings. The Bertz CT molecular complexity index is 946. The highest BCUT2D eigenvalue weighted by Crippen LogP contribution is 2.32. The Morgan fingerprint density at radius 3 is 2.77 bits per heavy atom. The fraction of sp³-hybridized carbons (Fsp3) is 0.286. The summed E-state index contributed by atoms with van der Waals surface area (Å²) in [5, 5.41) is 4.42. The van der Waals surface area contributed by atoms with E-state index in [4.69, 9.17) is 0 Å². The lowest BCUT2D eigenvalue weighted by Crippen LogP contribution is -2.31. The van der Waals surface area contributed by atoms with Crippen LogP contribution in [0.15, 0.2) is 54.9 Å². The Kier molecular flexibility index (Phi) is 4.29. The van der Waals surface area contributed by atoms with Crippen LogP contribution in [0.25, 0.3) is 0 Å². The standard InChI is InChI=1S/C21H22N4O/c1-3-19(24-13-17-9-4-5-10-18(17)21(24)26)20-22-14-23-25(20)12-16-8-6-7-15(2)11-16/h4-11,14,19H,3,12-13H2,1-2H3/t19-/m0/s1. The molecule has 2 heterocycles. The Balaban J connectivity index is 1.63. The first-order valence-electron chi connectivity index (χ1n) is 8.99. The Labute approximate surface area is 153 Å². The molecule has 4 rings (SSSR count). The maximum Gasteiger partial charge on any atom is 0.255 e. The van der Waals surface area contributed by atoms with Crippen LogP contribution in [-0.4, -0.2) is 25.6 Å². The summed E-state index contributed by atoms with van der Waals surface area (Å²) in [7, 11) is 0. The van der Waals surface area contributed by atoms with Crippen molar-refractivity contribution in [2.24, 2.45) is 0 Å². The van der Waals surface area contributed by atoms with Gasteiger partial charge in [-0.2, -0.15) is 5.10 Å². The number of amides is 1. The number of carbonyl (C=O) groups excluding carboxylic acids is 1. The van der Waals surface area contributed by atoms with E-state index in [0.717, 1.165) is 23.4 Å². The molecule has 0 bridgehead atoms. The molecular formula is C21H22N4O. The first-order valence-corrected chi connectivity index (χ1v) is 8.99. The number of hydrogen-bond acceptors (Lipinski definition) is 3. The van der Waals surface area contributed by atoms with Crippen molar-refractivity contribution >= 4 is 5.91 Å². The van der Waals surface area contributed by atoms with Crippen LogP contribution in [0.4, 0.5) is 0 Å². The molecule has 0 saturated carbocycles. The van der Waals surface area contributed by atoms with E-state index in [1.165, 1.54) is 11.1 Å². The summed E-state index contributed by atoms with van der Waals surface area (Å²) < 4.78 is 1.92. The summed E-state index contributed by atoms with van der Waals surface area (Å²) >= 11 is 0. The van der Waals surface area contributed by atoms with E-state index in [1.807, 2.05) is 33.8 Å². The molecule has 0 saturated heterocycles. The molecule has 1 amide bonds. The van der Waals surface area contributed by atoms with Crippen LogP contribution >= 0.6 is 0 Å². The number of nitrogens with zero attached hydrogens (tertiary/aromatic N) is 4. The summed E-state index contributed by atoms with van der Waals surface area (Å²) in [5.74, 6) is 0.924. The van der Waals surface area contributed by atoms with Gasteiger partial charge in [-0.25, -0.2) is 9.67 Å². The molecular weight excluding hydrogens is 324 g/mol. The normalized spacial score (nSPS) is 14.5. The van der Waals surface area contributed by atoms with Crippen LogP contribution in [0.5, 0.6) is 0 Å². The molecule has 132 valence electrons. The van der Waals surface area contributed by atoms with Crippen molar-refractivity contribution < 1.29 is 4.79 Å². The van der Waals surface area contributed by atoms with Crippen molar-refractivity contribution in [3.8, 4) is 0 Å². The molecule has 0 radical (unpaired) electrons. The predicted octanol–water partition coefficient (Wildman–Crippen LogP) is 3.74. The Morgan fingerprint density at radius 2 is 2.00 bits per heavy atom. The third-order valence-corrected chi connectivity index (χ3v) is 4.97. The zero-order chi connectivity index (χ0) is 18.1. The average molecular weight is 346 g/mol. The third-order valence-electron chi connectivity index (χ3n) is 4.97. The lowest BCUT2D eigenvalue weighted by Gasteiger charge is -2.26. The quantitative estimate of drug-likeness (QED) is 0.707. The van der Waals surface area contributed by atoms with Gasteiger partial charge in [0.15, 0.2) is 0 Å². The molecule has 1 aromatic heterocycles. The Hall–Kier alpha value is -2.95. The first-order chi connectivity index (χ1) is 12.7. The molecule has 26 heavy (non-hydrogen) atoms. The molecule has 1 atom stereocenters. The van der Waals surface area contributed by atoms with Crippen molar-refractivity contribution in [2.75, 3.05) is 0 Å². The summed E-state index contributed by atoms with van der Waals surface area (Å²) in [6, 6.07) is 16.1. The van der Waals surface area contributed by atoms with E-state index in [0.29, 0.717) is 13.1 Å². The number of carbonyl (C=O) groups is 1. The fourth-order valence-corrected chi connectivity index (χ4v) is 3.71. The average Bonchev–Trinajstić information content (AvgIpc) is 3.22. The molecule has 0 spiro atoms. The minimum Gasteiger partial charge on any atom is -0.324 e. The molecule has 0 unspecified atom stereocenters. The number of rotatable bonds is 5. The van der Waals surface area contributed by atoms with Crippen molar-refractivity contribution in [3.05, 3.63) is 82.9 Å². The van der Waals surface area contributed by atoms with E-state index < -0.39 is 0 Å². The SMILES string of the molecule is CC[C@@H](c1ncnn1Cc1cccc(C)c1)N1Cc2ccccc2C1=O. The summed E-state index contributed by atoms with van der Waals surface area (Å²) in [6.45, 7) is 5.46. The molecule has 1 aliphatic rings. The number of benzene rings is 2. The first kappa shape index (κ1) is 16.5. The van der Waals surface area contributed by atoms with Gasteiger partial charge >= 0.3 is 0 Å². The lowest BCUT2D eigenvalue weighted by molar-refractivity contribution is 0.0683. The van der Waals surface area contributed by atoms with Gasteiger partial charge in [-0.1, -0.05) is 55.0 Å². The van der Waals surface area contributed by atoms with Crippen molar-refractivity contribution in [2.45, 2.75) is 39.4 Å². The van der Waals surface area contributed by atoms with Crippen LogP contribution in [0.1, 0.15) is 52.3 Å². The highest BCUT2D eigenvalue weighted by Gasteiger charge is 2.34. The largest absolute Gasteiger partial charge is 0.324 e. The highest BCUT2D eigenvalue weighted by atomic mass is 16.2. The van der Waals surface area contributed by atoms with Gasteiger partial charge in [0, 0.05) is 12.1 Å². The molecule has 0 aliphatic carbocycles. The second kappa shape index (κ2) is 6.75.